The summed E-state index contributed by atoms with van der Waals surface area (Å²) in [7, 11) is 0. The second-order valence-corrected chi connectivity index (χ2v) is 6.80. The number of halogens is 8. The van der Waals surface area contributed by atoms with Gasteiger partial charge in [-0.1, -0.05) is 0 Å². The molecule has 0 aromatic heterocycles. The third kappa shape index (κ3) is 5.31. The summed E-state index contributed by atoms with van der Waals surface area (Å²) in [4.78, 5) is 23.2. The van der Waals surface area contributed by atoms with Crippen LogP contribution in [0.25, 0.3) is 0 Å². The average Bonchev–Trinajstić information content (AvgIpc) is 2.76. The maximum atomic E-state index is 13.9. The maximum Gasteiger partial charge on any atom is 0.381 e. The van der Waals surface area contributed by atoms with Gasteiger partial charge in [0.25, 0.3) is 0 Å². The van der Waals surface area contributed by atoms with E-state index in [-0.39, 0.29) is 11.5 Å². The molecule has 2 rings (SSSR count). The molecule has 0 unspecified atom stereocenters. The van der Waals surface area contributed by atoms with Gasteiger partial charge in [-0.2, -0.15) is 35.1 Å². The monoisotopic (exact) mass is 502 g/mol. The van der Waals surface area contributed by atoms with Crippen molar-refractivity contribution in [3.05, 3.63) is 59.7 Å². The highest BCUT2D eigenvalue weighted by Gasteiger charge is 2.81. The number of ether oxygens (including phenoxy) is 2. The number of esters is 2. The van der Waals surface area contributed by atoms with Gasteiger partial charge in [-0.3, -0.25) is 0 Å². The SMILES string of the molecule is O=C(OCC(F)(F)C(F)(F)C(F)(F)C(F)(F)COC(=O)c1ccc(O)cc1)c1ccc(O)cc1. The number of phenols is 2. The van der Waals surface area contributed by atoms with E-state index in [1.54, 1.807) is 0 Å². The lowest BCUT2D eigenvalue weighted by molar-refractivity contribution is -0.373. The molecule has 0 atom stereocenters. The molecule has 0 aliphatic rings. The van der Waals surface area contributed by atoms with E-state index in [0.717, 1.165) is 48.5 Å². The third-order valence-corrected chi connectivity index (χ3v) is 4.29. The Kier molecular flexibility index (Phi) is 7.33. The molecular weight excluding hydrogens is 488 g/mol. The van der Waals surface area contributed by atoms with E-state index in [2.05, 4.69) is 9.47 Å². The van der Waals surface area contributed by atoms with E-state index in [4.69, 9.17) is 10.2 Å². The molecule has 0 bridgehead atoms. The first-order valence-electron chi connectivity index (χ1n) is 8.95. The van der Waals surface area contributed by atoms with Crippen molar-refractivity contribution < 1.29 is 64.4 Å². The first-order valence-corrected chi connectivity index (χ1v) is 8.95. The molecule has 0 heterocycles. The van der Waals surface area contributed by atoms with Gasteiger partial charge in [-0.25, -0.2) is 9.59 Å². The van der Waals surface area contributed by atoms with Gasteiger partial charge in [0, 0.05) is 0 Å². The van der Waals surface area contributed by atoms with Crippen LogP contribution in [0.5, 0.6) is 11.5 Å². The molecule has 0 amide bonds. The van der Waals surface area contributed by atoms with Gasteiger partial charge >= 0.3 is 35.6 Å². The van der Waals surface area contributed by atoms with Gasteiger partial charge < -0.3 is 19.7 Å². The smallest absolute Gasteiger partial charge is 0.381 e. The van der Waals surface area contributed by atoms with Crippen molar-refractivity contribution in [1.82, 2.24) is 0 Å². The van der Waals surface area contributed by atoms with Crippen molar-refractivity contribution in [3.8, 4) is 11.5 Å². The zero-order chi connectivity index (χ0) is 25.9. The Morgan fingerprint density at radius 2 is 0.853 bits per heavy atom. The first-order chi connectivity index (χ1) is 15.5. The van der Waals surface area contributed by atoms with Crippen LogP contribution in [0.2, 0.25) is 0 Å². The summed E-state index contributed by atoms with van der Waals surface area (Å²) in [6.07, 6.45) is 0. The molecule has 186 valence electrons. The molecular formula is C20H14F8O6. The Labute approximate surface area is 185 Å². The van der Waals surface area contributed by atoms with Crippen molar-refractivity contribution in [2.24, 2.45) is 0 Å². The van der Waals surface area contributed by atoms with Crippen LogP contribution in [0, 0.1) is 0 Å². The maximum absolute atomic E-state index is 13.9. The lowest BCUT2D eigenvalue weighted by Gasteiger charge is -2.36. The Balaban J connectivity index is 2.11. The predicted octanol–water partition coefficient (Wildman–Crippen LogP) is 4.65. The second kappa shape index (κ2) is 9.35. The van der Waals surface area contributed by atoms with E-state index >= 15 is 0 Å². The summed E-state index contributed by atoms with van der Waals surface area (Å²) in [5.74, 6) is -29.6. The summed E-state index contributed by atoms with van der Waals surface area (Å²) < 4.78 is 119. The average molecular weight is 502 g/mol. The number of rotatable bonds is 9. The van der Waals surface area contributed by atoms with Crippen molar-refractivity contribution in [1.29, 1.82) is 0 Å². The van der Waals surface area contributed by atoms with E-state index in [1.807, 2.05) is 0 Å². The minimum absolute atomic E-state index is 0.360. The normalized spacial score (nSPS) is 12.8. The fourth-order valence-electron chi connectivity index (χ4n) is 2.31. The lowest BCUT2D eigenvalue weighted by Crippen LogP contribution is -2.64. The molecule has 34 heavy (non-hydrogen) atoms. The summed E-state index contributed by atoms with van der Waals surface area (Å²) in [6, 6.07) is 6.93. The topological polar surface area (TPSA) is 93.1 Å². The van der Waals surface area contributed by atoms with Crippen LogP contribution in [0.4, 0.5) is 35.1 Å². The highest BCUT2D eigenvalue weighted by atomic mass is 19.4. The molecule has 0 spiro atoms. The molecule has 0 aliphatic carbocycles. The van der Waals surface area contributed by atoms with Gasteiger partial charge in [-0.05, 0) is 48.5 Å². The van der Waals surface area contributed by atoms with Crippen molar-refractivity contribution in [2.45, 2.75) is 23.7 Å². The summed E-state index contributed by atoms with van der Waals surface area (Å²) in [5, 5.41) is 18.1. The Hall–Kier alpha value is -3.58. The molecule has 2 N–H and O–H groups in total. The largest absolute Gasteiger partial charge is 0.508 e. The number of carbonyl (C=O) groups is 2. The molecule has 0 radical (unpaired) electrons. The summed E-state index contributed by atoms with van der Waals surface area (Å²) >= 11 is 0. The van der Waals surface area contributed by atoms with E-state index in [1.165, 1.54) is 0 Å². The second-order valence-electron chi connectivity index (χ2n) is 6.80. The van der Waals surface area contributed by atoms with Crippen LogP contribution in [0.3, 0.4) is 0 Å². The number of alkyl halides is 8. The lowest BCUT2D eigenvalue weighted by atomic mass is 9.99. The number of phenolic OH excluding ortho intramolecular Hbond substituents is 2. The summed E-state index contributed by atoms with van der Waals surface area (Å²) in [6.45, 7) is -5.39. The van der Waals surface area contributed by atoms with E-state index in [9.17, 15) is 44.7 Å². The van der Waals surface area contributed by atoms with Crippen LogP contribution in [-0.2, 0) is 9.47 Å². The van der Waals surface area contributed by atoms with E-state index in [0.29, 0.717) is 0 Å². The van der Waals surface area contributed by atoms with Crippen molar-refractivity contribution in [2.75, 3.05) is 13.2 Å². The number of hydrogen-bond donors (Lipinski definition) is 2. The first kappa shape index (κ1) is 26.7. The molecule has 0 saturated heterocycles. The van der Waals surface area contributed by atoms with Gasteiger partial charge in [0.05, 0.1) is 11.1 Å². The highest BCUT2D eigenvalue weighted by Crippen LogP contribution is 2.52. The fourth-order valence-corrected chi connectivity index (χ4v) is 2.31. The standard InChI is InChI=1S/C20H14F8O6/c21-17(22,9-33-15(31)11-1-5-13(29)6-2-11)19(25,26)20(27,28)18(23,24)10-34-16(32)12-3-7-14(30)8-4-12/h1-8,29-30H,9-10H2. The molecule has 2 aromatic rings. The molecule has 0 aliphatic heterocycles. The van der Waals surface area contributed by atoms with Gasteiger partial charge in [0.1, 0.15) is 11.5 Å². The summed E-state index contributed by atoms with van der Waals surface area (Å²) in [5.41, 5.74) is -1.06. The number of carbonyl (C=O) groups excluding carboxylic acids is 2. The molecule has 2 aromatic carbocycles. The zero-order valence-corrected chi connectivity index (χ0v) is 16.6. The molecule has 6 nitrogen and oxygen atoms in total. The highest BCUT2D eigenvalue weighted by molar-refractivity contribution is 5.90. The fraction of sp³-hybridized carbons (Fsp3) is 0.300. The Morgan fingerprint density at radius 1 is 0.588 bits per heavy atom. The van der Waals surface area contributed by atoms with Gasteiger partial charge in [0.15, 0.2) is 13.2 Å². The molecule has 0 fully saturated rings. The Bertz CT molecular complexity index is 939. The zero-order valence-electron chi connectivity index (χ0n) is 16.6. The number of hydrogen-bond acceptors (Lipinski definition) is 6. The minimum atomic E-state index is -6.76. The number of benzene rings is 2. The van der Waals surface area contributed by atoms with Crippen molar-refractivity contribution >= 4 is 11.9 Å². The van der Waals surface area contributed by atoms with E-state index < -0.39 is 60.0 Å². The molecule has 14 heteroatoms. The van der Waals surface area contributed by atoms with Crippen LogP contribution in [0.15, 0.2) is 48.5 Å². The molecule has 0 saturated carbocycles. The predicted molar refractivity (Wildman–Crippen MR) is 96.6 cm³/mol. The minimum Gasteiger partial charge on any atom is -0.508 e. The van der Waals surface area contributed by atoms with Gasteiger partial charge in [-0.15, -0.1) is 0 Å². The number of aromatic hydroxyl groups is 2. The van der Waals surface area contributed by atoms with Crippen molar-refractivity contribution in [3.63, 3.8) is 0 Å². The van der Waals surface area contributed by atoms with Crippen LogP contribution < -0.4 is 0 Å². The van der Waals surface area contributed by atoms with Crippen LogP contribution in [-0.4, -0.2) is 59.1 Å². The third-order valence-electron chi connectivity index (χ3n) is 4.29. The quantitative estimate of drug-likeness (QED) is 0.383. The van der Waals surface area contributed by atoms with Crippen LogP contribution >= 0.6 is 0 Å². The van der Waals surface area contributed by atoms with Crippen LogP contribution in [0.1, 0.15) is 20.7 Å². The Morgan fingerprint density at radius 3 is 1.12 bits per heavy atom. The van der Waals surface area contributed by atoms with Gasteiger partial charge in [0.2, 0.25) is 0 Å².